The summed E-state index contributed by atoms with van der Waals surface area (Å²) in [6.45, 7) is 1.58. The standard InChI is InChI=1S/C22H23N5O2S/c28-20(27-10-6-17(7-11-27)12-16-4-2-1-3-5-16)13-18-15-30-22(25-18)26-21(29)19-14-23-8-9-24-19/h1-5,8-9,14-15,17H,6-7,10-13H2,(H,25,26,29). The van der Waals surface area contributed by atoms with Crippen LogP contribution < -0.4 is 5.32 Å². The van der Waals surface area contributed by atoms with Gasteiger partial charge in [0.25, 0.3) is 5.91 Å². The number of nitrogens with one attached hydrogen (secondary N) is 1. The van der Waals surface area contributed by atoms with Gasteiger partial charge in [0.2, 0.25) is 5.91 Å². The molecule has 2 aromatic heterocycles. The summed E-state index contributed by atoms with van der Waals surface area (Å²) in [7, 11) is 0. The molecule has 0 bridgehead atoms. The van der Waals surface area contributed by atoms with E-state index in [2.05, 4.69) is 44.5 Å². The zero-order chi connectivity index (χ0) is 20.8. The summed E-state index contributed by atoms with van der Waals surface area (Å²) in [6, 6.07) is 10.5. The molecule has 1 aliphatic heterocycles. The Balaban J connectivity index is 1.25. The summed E-state index contributed by atoms with van der Waals surface area (Å²) in [6.07, 6.45) is 7.74. The van der Waals surface area contributed by atoms with Crippen molar-refractivity contribution in [2.45, 2.75) is 25.7 Å². The molecule has 0 spiro atoms. The Morgan fingerprint density at radius 1 is 1.13 bits per heavy atom. The second-order valence-corrected chi connectivity index (χ2v) is 8.24. The number of hydrogen-bond acceptors (Lipinski definition) is 6. The van der Waals surface area contributed by atoms with Gasteiger partial charge in [-0.25, -0.2) is 9.97 Å². The van der Waals surface area contributed by atoms with Crippen LogP contribution in [0.15, 0.2) is 54.3 Å². The third kappa shape index (κ3) is 5.27. The van der Waals surface area contributed by atoms with Gasteiger partial charge in [-0.1, -0.05) is 30.3 Å². The highest BCUT2D eigenvalue weighted by Crippen LogP contribution is 2.23. The lowest BCUT2D eigenvalue weighted by Gasteiger charge is -2.32. The first-order valence-corrected chi connectivity index (χ1v) is 10.9. The van der Waals surface area contributed by atoms with Crippen molar-refractivity contribution >= 4 is 28.3 Å². The number of thiazole rings is 1. The zero-order valence-electron chi connectivity index (χ0n) is 16.5. The predicted molar refractivity (Wildman–Crippen MR) is 115 cm³/mol. The van der Waals surface area contributed by atoms with Crippen molar-refractivity contribution < 1.29 is 9.59 Å². The van der Waals surface area contributed by atoms with Gasteiger partial charge in [-0.2, -0.15) is 0 Å². The van der Waals surface area contributed by atoms with Gasteiger partial charge in [-0.05, 0) is 30.7 Å². The number of likely N-dealkylation sites (tertiary alicyclic amines) is 1. The molecule has 30 heavy (non-hydrogen) atoms. The fourth-order valence-electron chi connectivity index (χ4n) is 3.62. The van der Waals surface area contributed by atoms with Gasteiger partial charge < -0.3 is 4.90 Å². The van der Waals surface area contributed by atoms with E-state index in [1.54, 1.807) is 0 Å². The number of hydrogen-bond donors (Lipinski definition) is 1. The van der Waals surface area contributed by atoms with E-state index < -0.39 is 0 Å². The van der Waals surface area contributed by atoms with Gasteiger partial charge in [0.1, 0.15) is 5.69 Å². The molecule has 0 saturated carbocycles. The van der Waals surface area contributed by atoms with Gasteiger partial charge in [0, 0.05) is 30.9 Å². The largest absolute Gasteiger partial charge is 0.342 e. The van der Waals surface area contributed by atoms with Crippen LogP contribution in [0.2, 0.25) is 0 Å². The number of anilines is 1. The van der Waals surface area contributed by atoms with E-state index in [1.807, 2.05) is 16.3 Å². The summed E-state index contributed by atoms with van der Waals surface area (Å²) < 4.78 is 0. The number of rotatable bonds is 6. The van der Waals surface area contributed by atoms with E-state index in [9.17, 15) is 9.59 Å². The molecule has 0 radical (unpaired) electrons. The van der Waals surface area contributed by atoms with E-state index in [-0.39, 0.29) is 23.9 Å². The molecule has 1 N–H and O–H groups in total. The second kappa shape index (κ2) is 9.58. The fourth-order valence-corrected chi connectivity index (χ4v) is 4.33. The van der Waals surface area contributed by atoms with Gasteiger partial charge in [-0.15, -0.1) is 11.3 Å². The van der Waals surface area contributed by atoms with Crippen LogP contribution in [-0.2, 0) is 17.6 Å². The van der Waals surface area contributed by atoms with Crippen LogP contribution >= 0.6 is 11.3 Å². The number of carbonyl (C=O) groups is 2. The minimum atomic E-state index is -0.365. The van der Waals surface area contributed by atoms with E-state index in [1.165, 1.54) is 35.5 Å². The van der Waals surface area contributed by atoms with Gasteiger partial charge in [0.15, 0.2) is 5.13 Å². The monoisotopic (exact) mass is 421 g/mol. The van der Waals surface area contributed by atoms with Crippen molar-refractivity contribution in [3.8, 4) is 0 Å². The Hall–Kier alpha value is -3.13. The number of aromatic nitrogens is 3. The Morgan fingerprint density at radius 3 is 2.67 bits per heavy atom. The topological polar surface area (TPSA) is 88.1 Å². The Kier molecular flexibility index (Phi) is 6.44. The maximum atomic E-state index is 12.7. The highest BCUT2D eigenvalue weighted by Gasteiger charge is 2.23. The summed E-state index contributed by atoms with van der Waals surface area (Å²) in [5, 5.41) is 4.97. The van der Waals surface area contributed by atoms with Gasteiger partial charge >= 0.3 is 0 Å². The number of nitrogens with zero attached hydrogens (tertiary/aromatic N) is 4. The fraction of sp³-hybridized carbons (Fsp3) is 0.318. The van der Waals surface area contributed by atoms with Crippen molar-refractivity contribution in [3.63, 3.8) is 0 Å². The molecule has 3 aromatic rings. The first-order valence-electron chi connectivity index (χ1n) is 10.0. The van der Waals surface area contributed by atoms with Gasteiger partial charge in [0.05, 0.1) is 18.3 Å². The molecule has 4 rings (SSSR count). The highest BCUT2D eigenvalue weighted by atomic mass is 32.1. The molecule has 0 unspecified atom stereocenters. The molecular weight excluding hydrogens is 398 g/mol. The average molecular weight is 422 g/mol. The van der Waals surface area contributed by atoms with Crippen LogP contribution in [0.25, 0.3) is 0 Å². The molecule has 2 amide bonds. The van der Waals surface area contributed by atoms with E-state index in [0.29, 0.717) is 16.7 Å². The molecular formula is C22H23N5O2S. The molecule has 0 atom stereocenters. The Bertz CT molecular complexity index is 985. The summed E-state index contributed by atoms with van der Waals surface area (Å²) in [5.41, 5.74) is 2.26. The normalized spacial score (nSPS) is 14.5. The zero-order valence-corrected chi connectivity index (χ0v) is 17.3. The van der Waals surface area contributed by atoms with E-state index in [0.717, 1.165) is 32.4 Å². The van der Waals surface area contributed by atoms with Crippen LogP contribution in [0.4, 0.5) is 5.13 Å². The molecule has 1 saturated heterocycles. The lowest BCUT2D eigenvalue weighted by molar-refractivity contribution is -0.131. The molecule has 8 heteroatoms. The number of piperidine rings is 1. The number of carbonyl (C=O) groups excluding carboxylic acids is 2. The van der Waals surface area contributed by atoms with Crippen molar-refractivity contribution in [2.75, 3.05) is 18.4 Å². The summed E-state index contributed by atoms with van der Waals surface area (Å²) in [5.74, 6) is 0.347. The quantitative estimate of drug-likeness (QED) is 0.660. The van der Waals surface area contributed by atoms with Crippen molar-refractivity contribution in [1.29, 1.82) is 0 Å². The van der Waals surface area contributed by atoms with E-state index >= 15 is 0 Å². The average Bonchev–Trinajstić information content (AvgIpc) is 3.22. The lowest BCUT2D eigenvalue weighted by atomic mass is 9.90. The first-order chi connectivity index (χ1) is 14.7. The minimum Gasteiger partial charge on any atom is -0.342 e. The van der Waals surface area contributed by atoms with Crippen LogP contribution in [0.5, 0.6) is 0 Å². The smallest absolute Gasteiger partial charge is 0.277 e. The predicted octanol–water partition coefficient (Wildman–Crippen LogP) is 3.21. The summed E-state index contributed by atoms with van der Waals surface area (Å²) in [4.78, 5) is 39.0. The van der Waals surface area contributed by atoms with Crippen molar-refractivity contribution in [3.05, 3.63) is 71.3 Å². The maximum Gasteiger partial charge on any atom is 0.277 e. The SMILES string of the molecule is O=C(Nc1nc(CC(=O)N2CCC(Cc3ccccc3)CC2)cs1)c1cnccn1. The molecule has 3 heterocycles. The molecule has 7 nitrogen and oxygen atoms in total. The highest BCUT2D eigenvalue weighted by molar-refractivity contribution is 7.14. The Morgan fingerprint density at radius 2 is 1.93 bits per heavy atom. The molecule has 0 aliphatic carbocycles. The molecule has 154 valence electrons. The number of amides is 2. The van der Waals surface area contributed by atoms with E-state index in [4.69, 9.17) is 0 Å². The third-order valence-electron chi connectivity index (χ3n) is 5.23. The van der Waals surface area contributed by atoms with Crippen LogP contribution in [0.3, 0.4) is 0 Å². The van der Waals surface area contributed by atoms with Crippen LogP contribution in [-0.4, -0.2) is 44.8 Å². The summed E-state index contributed by atoms with van der Waals surface area (Å²) >= 11 is 1.30. The van der Waals surface area contributed by atoms with Crippen molar-refractivity contribution in [2.24, 2.45) is 5.92 Å². The minimum absolute atomic E-state index is 0.0882. The van der Waals surface area contributed by atoms with Crippen molar-refractivity contribution in [1.82, 2.24) is 19.9 Å². The molecule has 1 aromatic carbocycles. The van der Waals surface area contributed by atoms with Crippen LogP contribution in [0.1, 0.15) is 34.6 Å². The second-order valence-electron chi connectivity index (χ2n) is 7.38. The Labute approximate surface area is 179 Å². The lowest BCUT2D eigenvalue weighted by Crippen LogP contribution is -2.39. The molecule has 1 fully saturated rings. The number of benzene rings is 1. The van der Waals surface area contributed by atoms with Crippen LogP contribution in [0, 0.1) is 5.92 Å². The third-order valence-corrected chi connectivity index (χ3v) is 6.04. The molecule has 1 aliphatic rings. The maximum absolute atomic E-state index is 12.7. The van der Waals surface area contributed by atoms with Gasteiger partial charge in [-0.3, -0.25) is 19.9 Å². The first kappa shape index (κ1) is 20.2.